The number of aryl methyl sites for hydroxylation is 1. The summed E-state index contributed by atoms with van der Waals surface area (Å²) in [6.07, 6.45) is 1.37. The second kappa shape index (κ2) is 7.67. The molecule has 6 heteroatoms. The number of anilines is 2. The number of rotatable bonds is 4. The average molecular weight is 358 g/mol. The molecule has 134 valence electrons. The van der Waals surface area contributed by atoms with Gasteiger partial charge in [0.25, 0.3) is 11.8 Å². The molecular formula is C21H18N4O2. The van der Waals surface area contributed by atoms with Gasteiger partial charge in [0.05, 0.1) is 17.3 Å². The lowest BCUT2D eigenvalue weighted by atomic mass is 10.0. The number of nitrogens with one attached hydrogen (secondary N) is 1. The van der Waals surface area contributed by atoms with Crippen molar-refractivity contribution in [2.45, 2.75) is 13.8 Å². The highest BCUT2D eigenvalue weighted by Crippen LogP contribution is 2.25. The standard InChI is InChI=1S/C21H18N4O2/c1-14-8-6-7-11-19(14)23-20(26)16(13-22)12-18-15(2)24-25(21(18)27)17-9-4-3-5-10-17/h3-12,18H,1-2H3,(H,23,26)/b16-12-/t18-/m0/s1. The normalized spacial score (nSPS) is 16.7. The second-order valence-electron chi connectivity index (χ2n) is 6.17. The summed E-state index contributed by atoms with van der Waals surface area (Å²) < 4.78 is 0. The summed E-state index contributed by atoms with van der Waals surface area (Å²) in [5.41, 5.74) is 2.55. The van der Waals surface area contributed by atoms with Gasteiger partial charge < -0.3 is 5.32 Å². The molecule has 27 heavy (non-hydrogen) atoms. The third-order valence-corrected chi connectivity index (χ3v) is 4.28. The summed E-state index contributed by atoms with van der Waals surface area (Å²) in [6, 6.07) is 18.2. The molecule has 1 heterocycles. The van der Waals surface area contributed by atoms with Crippen molar-refractivity contribution < 1.29 is 9.59 Å². The van der Waals surface area contributed by atoms with E-state index in [0.29, 0.717) is 17.1 Å². The zero-order valence-electron chi connectivity index (χ0n) is 15.0. The summed E-state index contributed by atoms with van der Waals surface area (Å²) >= 11 is 0. The van der Waals surface area contributed by atoms with Crippen molar-refractivity contribution in [3.63, 3.8) is 0 Å². The van der Waals surface area contributed by atoms with Crippen molar-refractivity contribution in [1.82, 2.24) is 0 Å². The highest BCUT2D eigenvalue weighted by Gasteiger charge is 2.33. The van der Waals surface area contributed by atoms with E-state index < -0.39 is 11.8 Å². The van der Waals surface area contributed by atoms with E-state index >= 15 is 0 Å². The van der Waals surface area contributed by atoms with Crippen molar-refractivity contribution in [3.05, 3.63) is 71.8 Å². The molecule has 0 fully saturated rings. The lowest BCUT2D eigenvalue weighted by Crippen LogP contribution is -2.27. The maximum atomic E-state index is 12.7. The van der Waals surface area contributed by atoms with Crippen LogP contribution in [0, 0.1) is 24.2 Å². The van der Waals surface area contributed by atoms with Gasteiger partial charge in [-0.1, -0.05) is 36.4 Å². The first-order valence-electron chi connectivity index (χ1n) is 8.44. The first-order chi connectivity index (χ1) is 13.0. The van der Waals surface area contributed by atoms with Gasteiger partial charge in [-0.2, -0.15) is 15.4 Å². The van der Waals surface area contributed by atoms with Crippen LogP contribution in [-0.4, -0.2) is 17.5 Å². The van der Waals surface area contributed by atoms with Gasteiger partial charge >= 0.3 is 0 Å². The van der Waals surface area contributed by atoms with Crippen LogP contribution in [0.2, 0.25) is 0 Å². The van der Waals surface area contributed by atoms with Gasteiger partial charge in [-0.25, -0.2) is 0 Å². The second-order valence-corrected chi connectivity index (χ2v) is 6.17. The Kier molecular flexibility index (Phi) is 5.13. The molecule has 1 atom stereocenters. The smallest absolute Gasteiger partial charge is 0.266 e. The van der Waals surface area contributed by atoms with Crippen LogP contribution in [0.5, 0.6) is 0 Å². The molecule has 2 aromatic rings. The van der Waals surface area contributed by atoms with Crippen LogP contribution in [0.25, 0.3) is 0 Å². The molecule has 0 bridgehead atoms. The fourth-order valence-corrected chi connectivity index (χ4v) is 2.76. The maximum Gasteiger partial charge on any atom is 0.266 e. The summed E-state index contributed by atoms with van der Waals surface area (Å²) in [5.74, 6) is -1.59. The molecule has 3 rings (SSSR count). The Morgan fingerprint density at radius 3 is 2.48 bits per heavy atom. The molecular weight excluding hydrogens is 340 g/mol. The van der Waals surface area contributed by atoms with Crippen LogP contribution in [0.3, 0.4) is 0 Å². The first kappa shape index (κ1) is 18.1. The molecule has 1 N–H and O–H groups in total. The Bertz CT molecular complexity index is 987. The monoisotopic (exact) mass is 358 g/mol. The Hall–Kier alpha value is -3.72. The molecule has 0 spiro atoms. The number of nitrogens with zero attached hydrogens (tertiary/aromatic N) is 3. The predicted molar refractivity (Wildman–Crippen MR) is 104 cm³/mol. The van der Waals surface area contributed by atoms with Gasteiger partial charge in [-0.05, 0) is 43.7 Å². The number of carbonyl (C=O) groups excluding carboxylic acids is 2. The van der Waals surface area contributed by atoms with E-state index in [1.807, 2.05) is 43.3 Å². The number of amides is 2. The van der Waals surface area contributed by atoms with Crippen molar-refractivity contribution in [1.29, 1.82) is 5.26 Å². The van der Waals surface area contributed by atoms with Crippen LogP contribution in [0.15, 0.2) is 71.3 Å². The molecule has 2 aromatic carbocycles. The van der Waals surface area contributed by atoms with Gasteiger partial charge in [0.15, 0.2) is 0 Å². The molecule has 0 radical (unpaired) electrons. The summed E-state index contributed by atoms with van der Waals surface area (Å²) in [4.78, 5) is 25.2. The summed E-state index contributed by atoms with van der Waals surface area (Å²) in [6.45, 7) is 3.57. The van der Waals surface area contributed by atoms with E-state index in [0.717, 1.165) is 5.56 Å². The van der Waals surface area contributed by atoms with Crippen molar-refractivity contribution in [2.24, 2.45) is 11.0 Å². The minimum Gasteiger partial charge on any atom is -0.321 e. The minimum absolute atomic E-state index is 0.124. The first-order valence-corrected chi connectivity index (χ1v) is 8.44. The van der Waals surface area contributed by atoms with Crippen molar-refractivity contribution >= 4 is 28.9 Å². The Morgan fingerprint density at radius 1 is 1.15 bits per heavy atom. The van der Waals surface area contributed by atoms with E-state index in [-0.39, 0.29) is 11.5 Å². The topological polar surface area (TPSA) is 85.6 Å². The molecule has 1 aliphatic rings. The number of benzene rings is 2. The van der Waals surface area contributed by atoms with Crippen LogP contribution in [0.4, 0.5) is 11.4 Å². The van der Waals surface area contributed by atoms with Gasteiger partial charge in [-0.3, -0.25) is 9.59 Å². The lowest BCUT2D eigenvalue weighted by molar-refractivity contribution is -0.118. The molecule has 0 aliphatic carbocycles. The zero-order chi connectivity index (χ0) is 19.4. The van der Waals surface area contributed by atoms with Gasteiger partial charge in [0.2, 0.25) is 0 Å². The van der Waals surface area contributed by atoms with E-state index in [1.165, 1.54) is 11.1 Å². The maximum absolute atomic E-state index is 12.7. The third kappa shape index (κ3) is 3.77. The number of hydrogen-bond donors (Lipinski definition) is 1. The molecule has 2 amide bonds. The largest absolute Gasteiger partial charge is 0.321 e. The quantitative estimate of drug-likeness (QED) is 0.671. The highest BCUT2D eigenvalue weighted by molar-refractivity contribution is 6.17. The molecule has 6 nitrogen and oxygen atoms in total. The fraction of sp³-hybridized carbons (Fsp3) is 0.143. The molecule has 0 unspecified atom stereocenters. The molecule has 0 aromatic heterocycles. The van der Waals surface area contributed by atoms with Gasteiger partial charge in [0, 0.05) is 5.69 Å². The van der Waals surface area contributed by atoms with Crippen LogP contribution >= 0.6 is 0 Å². The van der Waals surface area contributed by atoms with E-state index in [1.54, 1.807) is 31.2 Å². The number of hydrogen-bond acceptors (Lipinski definition) is 4. The zero-order valence-corrected chi connectivity index (χ0v) is 15.0. The molecule has 1 aliphatic heterocycles. The minimum atomic E-state index is -0.748. The Labute approximate surface area is 157 Å². The number of hydrazone groups is 1. The summed E-state index contributed by atoms with van der Waals surface area (Å²) in [7, 11) is 0. The average Bonchev–Trinajstić information content (AvgIpc) is 2.96. The van der Waals surface area contributed by atoms with Crippen LogP contribution in [-0.2, 0) is 9.59 Å². The van der Waals surface area contributed by atoms with Crippen molar-refractivity contribution in [2.75, 3.05) is 10.3 Å². The van der Waals surface area contributed by atoms with Gasteiger partial charge in [0.1, 0.15) is 11.6 Å². The predicted octanol–water partition coefficient (Wildman–Crippen LogP) is 3.42. The van der Waals surface area contributed by atoms with Crippen LogP contribution < -0.4 is 10.3 Å². The van der Waals surface area contributed by atoms with E-state index in [9.17, 15) is 14.9 Å². The summed E-state index contributed by atoms with van der Waals surface area (Å²) in [5, 5.41) is 17.7. The Balaban J connectivity index is 1.83. The van der Waals surface area contributed by atoms with E-state index in [2.05, 4.69) is 10.4 Å². The van der Waals surface area contributed by atoms with Crippen LogP contribution in [0.1, 0.15) is 12.5 Å². The number of nitriles is 1. The number of para-hydroxylation sites is 2. The third-order valence-electron chi connectivity index (χ3n) is 4.28. The fourth-order valence-electron chi connectivity index (χ4n) is 2.76. The van der Waals surface area contributed by atoms with Gasteiger partial charge in [-0.15, -0.1) is 0 Å². The molecule has 0 saturated heterocycles. The number of carbonyl (C=O) groups is 2. The van der Waals surface area contributed by atoms with Crippen molar-refractivity contribution in [3.8, 4) is 6.07 Å². The lowest BCUT2D eigenvalue weighted by Gasteiger charge is -2.13. The van der Waals surface area contributed by atoms with E-state index in [4.69, 9.17) is 0 Å². The molecule has 0 saturated carbocycles. The highest BCUT2D eigenvalue weighted by atomic mass is 16.2. The Morgan fingerprint density at radius 2 is 1.81 bits per heavy atom. The SMILES string of the molecule is CC1=NN(c2ccccc2)C(=O)[C@H]1/C=C(/C#N)C(=O)Nc1ccccc1C.